The van der Waals surface area contributed by atoms with E-state index in [4.69, 9.17) is 0 Å². The number of hydrogen-bond donors (Lipinski definition) is 1. The molecule has 3 aromatic carbocycles. The maximum Gasteiger partial charge on any atom is 0.337 e. The minimum Gasteiger partial charge on any atom is -0.478 e. The van der Waals surface area contributed by atoms with Crippen molar-refractivity contribution < 1.29 is 22.7 Å². The number of anilines is 1. The van der Waals surface area contributed by atoms with Crippen LogP contribution in [0.2, 0.25) is 0 Å². The summed E-state index contributed by atoms with van der Waals surface area (Å²) >= 11 is 0. The van der Waals surface area contributed by atoms with Crippen LogP contribution in [-0.2, 0) is 16.6 Å². The number of halogens is 1. The zero-order valence-corrected chi connectivity index (χ0v) is 15.9. The lowest BCUT2D eigenvalue weighted by Crippen LogP contribution is -2.32. The van der Waals surface area contributed by atoms with Crippen LogP contribution in [0.4, 0.5) is 10.1 Å². The summed E-state index contributed by atoms with van der Waals surface area (Å²) in [5.41, 5.74) is 1.33. The lowest BCUT2D eigenvalue weighted by molar-refractivity contribution is 0.0697. The molecule has 3 rings (SSSR count). The van der Waals surface area contributed by atoms with Crippen molar-refractivity contribution in [1.29, 1.82) is 0 Å². The van der Waals surface area contributed by atoms with Crippen molar-refractivity contribution in [2.45, 2.75) is 18.4 Å². The summed E-state index contributed by atoms with van der Waals surface area (Å²) in [6.07, 6.45) is 0. The number of para-hydroxylation sites is 1. The fourth-order valence-electron chi connectivity index (χ4n) is 2.76. The molecular weight excluding hydrogens is 381 g/mol. The van der Waals surface area contributed by atoms with Crippen LogP contribution in [0.25, 0.3) is 0 Å². The Morgan fingerprint density at radius 3 is 2.18 bits per heavy atom. The molecule has 0 bridgehead atoms. The highest BCUT2D eigenvalue weighted by Gasteiger charge is 2.28. The predicted molar refractivity (Wildman–Crippen MR) is 104 cm³/mol. The summed E-state index contributed by atoms with van der Waals surface area (Å²) in [4.78, 5) is 11.7. The van der Waals surface area contributed by atoms with Crippen LogP contribution in [0.5, 0.6) is 0 Å². The highest BCUT2D eigenvalue weighted by molar-refractivity contribution is 7.92. The molecule has 5 nitrogen and oxygen atoms in total. The van der Waals surface area contributed by atoms with Crippen LogP contribution in [-0.4, -0.2) is 19.5 Å². The van der Waals surface area contributed by atoms with E-state index in [0.717, 1.165) is 9.87 Å². The van der Waals surface area contributed by atoms with Gasteiger partial charge in [0.05, 0.1) is 22.7 Å². The molecule has 0 saturated heterocycles. The van der Waals surface area contributed by atoms with Crippen molar-refractivity contribution in [2.75, 3.05) is 4.31 Å². The van der Waals surface area contributed by atoms with Crippen molar-refractivity contribution >= 4 is 21.7 Å². The summed E-state index contributed by atoms with van der Waals surface area (Å²) in [6.45, 7) is 1.70. The first kappa shape index (κ1) is 19.6. The van der Waals surface area contributed by atoms with Gasteiger partial charge in [0.15, 0.2) is 0 Å². The van der Waals surface area contributed by atoms with Gasteiger partial charge in [0, 0.05) is 0 Å². The van der Waals surface area contributed by atoms with Crippen LogP contribution >= 0.6 is 0 Å². The topological polar surface area (TPSA) is 74.7 Å². The molecule has 0 aliphatic rings. The maximum absolute atomic E-state index is 13.3. The van der Waals surface area contributed by atoms with Gasteiger partial charge in [0.25, 0.3) is 10.0 Å². The molecule has 144 valence electrons. The van der Waals surface area contributed by atoms with E-state index in [1.165, 1.54) is 54.6 Å². The van der Waals surface area contributed by atoms with Crippen molar-refractivity contribution in [3.05, 3.63) is 95.3 Å². The summed E-state index contributed by atoms with van der Waals surface area (Å²) in [6, 6.07) is 17.6. The van der Waals surface area contributed by atoms with Crippen LogP contribution in [0.15, 0.2) is 77.7 Å². The lowest BCUT2D eigenvalue weighted by atomic mass is 10.1. The van der Waals surface area contributed by atoms with Crippen molar-refractivity contribution in [3.63, 3.8) is 0 Å². The smallest absolute Gasteiger partial charge is 0.337 e. The fourth-order valence-corrected chi connectivity index (χ4v) is 4.24. The van der Waals surface area contributed by atoms with E-state index in [1.807, 2.05) is 6.92 Å². The van der Waals surface area contributed by atoms with Gasteiger partial charge in [-0.05, 0) is 48.9 Å². The van der Waals surface area contributed by atoms with Crippen LogP contribution < -0.4 is 4.31 Å². The summed E-state index contributed by atoms with van der Waals surface area (Å²) in [5.74, 6) is -1.68. The molecule has 28 heavy (non-hydrogen) atoms. The van der Waals surface area contributed by atoms with Gasteiger partial charge in [0.2, 0.25) is 0 Å². The average molecular weight is 399 g/mol. The van der Waals surface area contributed by atoms with Gasteiger partial charge in [0.1, 0.15) is 5.82 Å². The van der Waals surface area contributed by atoms with E-state index in [2.05, 4.69) is 0 Å². The highest BCUT2D eigenvalue weighted by Crippen LogP contribution is 2.29. The first-order valence-electron chi connectivity index (χ1n) is 8.45. The van der Waals surface area contributed by atoms with Crippen LogP contribution in [0, 0.1) is 12.7 Å². The standard InChI is InChI=1S/C21H18FNO4S/c1-15-6-12-18(13-7-15)28(26,27)23(14-16-8-10-17(22)11-9-16)20-5-3-2-4-19(20)21(24)25/h2-13H,14H2,1H3,(H,24,25). The molecule has 0 aliphatic heterocycles. The van der Waals surface area contributed by atoms with E-state index in [9.17, 15) is 22.7 Å². The Morgan fingerprint density at radius 2 is 1.57 bits per heavy atom. The van der Waals surface area contributed by atoms with Gasteiger partial charge in [-0.1, -0.05) is 42.0 Å². The zero-order valence-electron chi connectivity index (χ0n) is 15.0. The Hall–Kier alpha value is -3.19. The molecule has 0 saturated carbocycles. The number of sulfonamides is 1. The number of carboxylic acid groups (broad SMARTS) is 1. The lowest BCUT2D eigenvalue weighted by Gasteiger charge is -2.26. The Bertz CT molecular complexity index is 1090. The Kier molecular flexibility index (Phi) is 5.46. The molecule has 0 fully saturated rings. The van der Waals surface area contributed by atoms with Gasteiger partial charge in [-0.15, -0.1) is 0 Å². The van der Waals surface area contributed by atoms with Gasteiger partial charge in [-0.2, -0.15) is 0 Å². The second-order valence-electron chi connectivity index (χ2n) is 6.27. The monoisotopic (exact) mass is 399 g/mol. The second-order valence-corrected chi connectivity index (χ2v) is 8.14. The summed E-state index contributed by atoms with van der Waals surface area (Å²) in [7, 11) is -4.06. The van der Waals surface area contributed by atoms with E-state index in [0.29, 0.717) is 5.56 Å². The molecule has 3 aromatic rings. The second kappa shape index (κ2) is 7.82. The van der Waals surface area contributed by atoms with E-state index >= 15 is 0 Å². The molecule has 0 aromatic heterocycles. The minimum atomic E-state index is -4.06. The highest BCUT2D eigenvalue weighted by atomic mass is 32.2. The zero-order chi connectivity index (χ0) is 20.3. The van der Waals surface area contributed by atoms with Crippen LogP contribution in [0.1, 0.15) is 21.5 Å². The van der Waals surface area contributed by atoms with Gasteiger partial charge in [-0.25, -0.2) is 17.6 Å². The normalized spacial score (nSPS) is 11.2. The van der Waals surface area contributed by atoms with Crippen molar-refractivity contribution in [3.8, 4) is 0 Å². The van der Waals surface area contributed by atoms with Gasteiger partial charge >= 0.3 is 5.97 Å². The first-order chi connectivity index (χ1) is 13.3. The number of benzene rings is 3. The fraction of sp³-hybridized carbons (Fsp3) is 0.0952. The quantitative estimate of drug-likeness (QED) is 0.673. The molecule has 0 atom stereocenters. The molecule has 0 amide bonds. The molecule has 0 spiro atoms. The molecule has 0 heterocycles. The number of carbonyl (C=O) groups is 1. The summed E-state index contributed by atoms with van der Waals surface area (Å²) in [5, 5.41) is 9.52. The minimum absolute atomic E-state index is 0.0416. The molecule has 1 N–H and O–H groups in total. The Labute approximate surface area is 162 Å². The number of hydrogen-bond acceptors (Lipinski definition) is 3. The van der Waals surface area contributed by atoms with Gasteiger partial charge < -0.3 is 5.11 Å². The Morgan fingerprint density at radius 1 is 0.964 bits per heavy atom. The molecule has 0 radical (unpaired) electrons. The number of nitrogens with zero attached hydrogens (tertiary/aromatic N) is 1. The molecule has 7 heteroatoms. The van der Waals surface area contributed by atoms with Crippen molar-refractivity contribution in [2.24, 2.45) is 0 Å². The number of aromatic carboxylic acids is 1. The third-order valence-corrected chi connectivity index (χ3v) is 6.03. The third kappa shape index (κ3) is 4.04. The van der Waals surface area contributed by atoms with E-state index in [1.54, 1.807) is 18.2 Å². The van der Waals surface area contributed by atoms with E-state index in [-0.39, 0.29) is 22.7 Å². The maximum atomic E-state index is 13.3. The SMILES string of the molecule is Cc1ccc(S(=O)(=O)N(Cc2ccc(F)cc2)c2ccccc2C(=O)O)cc1. The summed E-state index contributed by atoms with van der Waals surface area (Å²) < 4.78 is 41.0. The van der Waals surface area contributed by atoms with Crippen LogP contribution in [0.3, 0.4) is 0 Å². The number of aryl methyl sites for hydroxylation is 1. The molecule has 0 unspecified atom stereocenters. The largest absolute Gasteiger partial charge is 0.478 e. The number of rotatable bonds is 6. The van der Waals surface area contributed by atoms with Crippen molar-refractivity contribution in [1.82, 2.24) is 0 Å². The molecule has 0 aliphatic carbocycles. The average Bonchev–Trinajstić information content (AvgIpc) is 2.67. The Balaban J connectivity index is 2.15. The predicted octanol–water partition coefficient (Wildman–Crippen LogP) is 4.23. The molecular formula is C21H18FNO4S. The third-order valence-electron chi connectivity index (χ3n) is 4.25. The number of carboxylic acids is 1. The van der Waals surface area contributed by atoms with E-state index < -0.39 is 21.8 Å². The van der Waals surface area contributed by atoms with Gasteiger partial charge in [-0.3, -0.25) is 4.31 Å². The first-order valence-corrected chi connectivity index (χ1v) is 9.89.